The van der Waals surface area contributed by atoms with Crippen molar-refractivity contribution in [1.82, 2.24) is 5.32 Å². The molecule has 3 nitrogen and oxygen atoms in total. The number of nitrogens with one attached hydrogen (secondary N) is 1. The lowest BCUT2D eigenvalue weighted by Crippen LogP contribution is -2.51. The Bertz CT molecular complexity index is 392. The lowest BCUT2D eigenvalue weighted by Gasteiger charge is -2.36. The second kappa shape index (κ2) is 3.98. The molecule has 0 aromatic heterocycles. The Morgan fingerprint density at radius 2 is 2.38 bits per heavy atom. The Labute approximate surface area is 96.4 Å². The molecule has 0 spiro atoms. The largest absolute Gasteiger partial charge is 0.491 e. The number of fused-ring (bicyclic) bond motifs is 3. The summed E-state index contributed by atoms with van der Waals surface area (Å²) in [5, 5.41) is 3.46. The molecule has 1 N–H and O–H groups in total. The number of ether oxygens (including phenoxy) is 1. The van der Waals surface area contributed by atoms with Gasteiger partial charge < -0.3 is 15.0 Å². The van der Waals surface area contributed by atoms with E-state index in [1.165, 1.54) is 11.3 Å². The number of aryl methyl sites for hydroxylation is 1. The van der Waals surface area contributed by atoms with Gasteiger partial charge in [-0.25, -0.2) is 0 Å². The molecule has 0 unspecified atom stereocenters. The van der Waals surface area contributed by atoms with Crippen molar-refractivity contribution >= 4 is 5.69 Å². The van der Waals surface area contributed by atoms with Crippen LogP contribution >= 0.6 is 0 Å². The predicted octanol–water partition coefficient (Wildman–Crippen LogP) is 1.56. The lowest BCUT2D eigenvalue weighted by molar-refractivity contribution is 0.304. The fourth-order valence-corrected chi connectivity index (χ4v) is 2.61. The number of anilines is 1. The Morgan fingerprint density at radius 1 is 1.44 bits per heavy atom. The van der Waals surface area contributed by atoms with Gasteiger partial charge in [-0.05, 0) is 24.6 Å². The number of hydrogen-bond acceptors (Lipinski definition) is 3. The molecule has 3 heteroatoms. The van der Waals surface area contributed by atoms with Crippen LogP contribution in [-0.2, 0) is 0 Å². The number of nitrogens with zero attached hydrogens (tertiary/aromatic N) is 1. The van der Waals surface area contributed by atoms with Crippen LogP contribution in [0.2, 0.25) is 0 Å². The minimum atomic E-state index is 0.594. The van der Waals surface area contributed by atoms with Crippen molar-refractivity contribution in [3.8, 4) is 5.75 Å². The maximum atomic E-state index is 5.83. The third-order valence-corrected chi connectivity index (χ3v) is 3.48. The molecule has 1 saturated heterocycles. The van der Waals surface area contributed by atoms with Crippen LogP contribution in [0.15, 0.2) is 18.2 Å². The highest BCUT2D eigenvalue weighted by Crippen LogP contribution is 2.34. The van der Waals surface area contributed by atoms with Crippen LogP contribution in [0.3, 0.4) is 0 Å². The first-order chi connectivity index (χ1) is 7.84. The number of hydrogen-bond donors (Lipinski definition) is 1. The molecular weight excluding hydrogens is 200 g/mol. The molecule has 1 aromatic carbocycles. The summed E-state index contributed by atoms with van der Waals surface area (Å²) in [4.78, 5) is 2.51. The fourth-order valence-electron chi connectivity index (χ4n) is 2.61. The summed E-state index contributed by atoms with van der Waals surface area (Å²) in [6.07, 6.45) is 1.11. The van der Waals surface area contributed by atoms with Crippen LogP contribution in [0, 0.1) is 6.92 Å². The molecule has 3 rings (SSSR count). The SMILES string of the molecule is Cc1ccc2c(c1)N1CCNC[C@@H]1CCO2. The first kappa shape index (κ1) is 9.97. The van der Waals surface area contributed by atoms with E-state index >= 15 is 0 Å². The molecule has 1 fully saturated rings. The van der Waals surface area contributed by atoms with Gasteiger partial charge in [0.1, 0.15) is 5.75 Å². The van der Waals surface area contributed by atoms with E-state index in [0.717, 1.165) is 38.4 Å². The summed E-state index contributed by atoms with van der Waals surface area (Å²) in [5.74, 6) is 1.05. The van der Waals surface area contributed by atoms with Crippen molar-refractivity contribution in [2.75, 3.05) is 31.1 Å². The maximum Gasteiger partial charge on any atom is 0.142 e. The van der Waals surface area contributed by atoms with Crippen LogP contribution in [0.1, 0.15) is 12.0 Å². The first-order valence-electron chi connectivity index (χ1n) is 6.05. The van der Waals surface area contributed by atoms with Crippen LogP contribution in [-0.4, -0.2) is 32.3 Å². The summed E-state index contributed by atoms with van der Waals surface area (Å²) in [7, 11) is 0. The number of benzene rings is 1. The zero-order valence-electron chi connectivity index (χ0n) is 9.70. The molecule has 2 aliphatic rings. The van der Waals surface area contributed by atoms with Crippen LogP contribution in [0.4, 0.5) is 5.69 Å². The zero-order chi connectivity index (χ0) is 11.0. The van der Waals surface area contributed by atoms with E-state index in [4.69, 9.17) is 4.74 Å². The van der Waals surface area contributed by atoms with Crippen molar-refractivity contribution in [3.63, 3.8) is 0 Å². The van der Waals surface area contributed by atoms with E-state index in [1.54, 1.807) is 0 Å². The first-order valence-corrected chi connectivity index (χ1v) is 6.05. The molecule has 0 radical (unpaired) electrons. The molecule has 1 aromatic rings. The second-order valence-corrected chi connectivity index (χ2v) is 4.66. The third-order valence-electron chi connectivity index (χ3n) is 3.48. The normalized spacial score (nSPS) is 24.1. The summed E-state index contributed by atoms with van der Waals surface area (Å²) < 4.78 is 5.83. The van der Waals surface area contributed by atoms with Crippen molar-refractivity contribution in [3.05, 3.63) is 23.8 Å². The third kappa shape index (κ3) is 1.65. The molecule has 0 bridgehead atoms. The molecule has 2 heterocycles. The predicted molar refractivity (Wildman–Crippen MR) is 65.3 cm³/mol. The van der Waals surface area contributed by atoms with E-state index in [0.29, 0.717) is 6.04 Å². The number of piperazine rings is 1. The average Bonchev–Trinajstić information content (AvgIpc) is 2.48. The maximum absolute atomic E-state index is 5.83. The van der Waals surface area contributed by atoms with E-state index in [9.17, 15) is 0 Å². The van der Waals surface area contributed by atoms with Gasteiger partial charge in [-0.1, -0.05) is 6.07 Å². The van der Waals surface area contributed by atoms with Gasteiger partial charge in [0.2, 0.25) is 0 Å². The Hall–Kier alpha value is -1.22. The second-order valence-electron chi connectivity index (χ2n) is 4.66. The van der Waals surface area contributed by atoms with Crippen molar-refractivity contribution in [1.29, 1.82) is 0 Å². The molecular formula is C13H18N2O. The van der Waals surface area contributed by atoms with E-state index in [1.807, 2.05) is 0 Å². The molecule has 16 heavy (non-hydrogen) atoms. The van der Waals surface area contributed by atoms with Gasteiger partial charge in [-0.3, -0.25) is 0 Å². The quantitative estimate of drug-likeness (QED) is 0.715. The molecule has 86 valence electrons. The zero-order valence-corrected chi connectivity index (χ0v) is 9.70. The average molecular weight is 218 g/mol. The Balaban J connectivity index is 2.02. The summed E-state index contributed by atoms with van der Waals surface area (Å²) >= 11 is 0. The molecule has 0 saturated carbocycles. The lowest BCUT2D eigenvalue weighted by atomic mass is 10.1. The van der Waals surface area contributed by atoms with Gasteiger partial charge in [0.05, 0.1) is 12.3 Å². The summed E-state index contributed by atoms with van der Waals surface area (Å²) in [6.45, 7) is 6.21. The summed E-state index contributed by atoms with van der Waals surface area (Å²) in [5.41, 5.74) is 2.59. The van der Waals surface area contributed by atoms with Crippen LogP contribution < -0.4 is 15.0 Å². The van der Waals surface area contributed by atoms with Crippen LogP contribution in [0.5, 0.6) is 5.75 Å². The van der Waals surface area contributed by atoms with Gasteiger partial charge in [0.25, 0.3) is 0 Å². The van der Waals surface area contributed by atoms with Crippen LogP contribution in [0.25, 0.3) is 0 Å². The van der Waals surface area contributed by atoms with Gasteiger partial charge >= 0.3 is 0 Å². The van der Waals surface area contributed by atoms with Crippen molar-refractivity contribution in [2.24, 2.45) is 0 Å². The minimum absolute atomic E-state index is 0.594. The molecule has 0 aliphatic carbocycles. The number of rotatable bonds is 0. The van der Waals surface area contributed by atoms with Crippen molar-refractivity contribution in [2.45, 2.75) is 19.4 Å². The molecule has 0 amide bonds. The molecule has 1 atom stereocenters. The smallest absolute Gasteiger partial charge is 0.142 e. The van der Waals surface area contributed by atoms with Gasteiger partial charge in [-0.15, -0.1) is 0 Å². The van der Waals surface area contributed by atoms with E-state index in [-0.39, 0.29) is 0 Å². The van der Waals surface area contributed by atoms with E-state index in [2.05, 4.69) is 35.3 Å². The van der Waals surface area contributed by atoms with Crippen molar-refractivity contribution < 1.29 is 4.74 Å². The minimum Gasteiger partial charge on any atom is -0.491 e. The van der Waals surface area contributed by atoms with Gasteiger partial charge in [0.15, 0.2) is 0 Å². The van der Waals surface area contributed by atoms with Gasteiger partial charge in [-0.2, -0.15) is 0 Å². The summed E-state index contributed by atoms with van der Waals surface area (Å²) in [6, 6.07) is 7.08. The van der Waals surface area contributed by atoms with Gasteiger partial charge in [0, 0.05) is 32.1 Å². The molecule has 2 aliphatic heterocycles. The Morgan fingerprint density at radius 3 is 3.31 bits per heavy atom. The highest BCUT2D eigenvalue weighted by Gasteiger charge is 2.27. The topological polar surface area (TPSA) is 24.5 Å². The standard InChI is InChI=1S/C13H18N2O/c1-10-2-3-13-12(8-10)15-6-5-14-9-11(15)4-7-16-13/h2-3,8,11,14H,4-7,9H2,1H3/t11-/m0/s1. The van der Waals surface area contributed by atoms with E-state index < -0.39 is 0 Å². The fraction of sp³-hybridized carbons (Fsp3) is 0.538. The highest BCUT2D eigenvalue weighted by molar-refractivity contribution is 5.61. The Kier molecular flexibility index (Phi) is 2.48. The monoisotopic (exact) mass is 218 g/mol. The highest BCUT2D eigenvalue weighted by atomic mass is 16.5.